The summed E-state index contributed by atoms with van der Waals surface area (Å²) in [5.41, 5.74) is 0. The Morgan fingerprint density at radius 1 is 1.57 bits per heavy atom. The zero-order valence-corrected chi connectivity index (χ0v) is 9.17. The van der Waals surface area contributed by atoms with Crippen LogP contribution in [0.3, 0.4) is 0 Å². The summed E-state index contributed by atoms with van der Waals surface area (Å²) >= 11 is 0. The van der Waals surface area contributed by atoms with Crippen LogP contribution in [0.4, 0.5) is 0 Å². The van der Waals surface area contributed by atoms with Crippen LogP contribution in [0.25, 0.3) is 0 Å². The van der Waals surface area contributed by atoms with Gasteiger partial charge in [-0.2, -0.15) is 0 Å². The number of hydrogen-bond donors (Lipinski definition) is 2. The van der Waals surface area contributed by atoms with E-state index in [1.807, 2.05) is 7.05 Å². The summed E-state index contributed by atoms with van der Waals surface area (Å²) in [5.74, 6) is 0.604. The second-order valence-electron chi connectivity index (χ2n) is 4.17. The number of likely N-dealkylation sites (N-methyl/N-ethyl adjacent to an activating group) is 1. The van der Waals surface area contributed by atoms with E-state index in [1.54, 1.807) is 0 Å². The lowest BCUT2D eigenvalue weighted by Crippen LogP contribution is -2.44. The molecule has 0 aromatic heterocycles. The Balaban J connectivity index is 2.22. The Morgan fingerprint density at radius 2 is 2.21 bits per heavy atom. The first-order valence-corrected chi connectivity index (χ1v) is 5.20. The zero-order chi connectivity index (χ0) is 10.6. The SMILES string of the molecule is CN[C@@H](CC(C)C)C(=O)NCC1CO1. The van der Waals surface area contributed by atoms with Gasteiger partial charge in [-0.15, -0.1) is 0 Å². The van der Waals surface area contributed by atoms with Crippen LogP contribution in [0.5, 0.6) is 0 Å². The molecular formula is C10H20N2O2. The van der Waals surface area contributed by atoms with Crippen LogP contribution < -0.4 is 10.6 Å². The van der Waals surface area contributed by atoms with Gasteiger partial charge in [-0.3, -0.25) is 4.79 Å². The van der Waals surface area contributed by atoms with Crippen molar-refractivity contribution in [1.82, 2.24) is 10.6 Å². The van der Waals surface area contributed by atoms with E-state index in [4.69, 9.17) is 4.74 Å². The van der Waals surface area contributed by atoms with E-state index >= 15 is 0 Å². The largest absolute Gasteiger partial charge is 0.371 e. The quantitative estimate of drug-likeness (QED) is 0.599. The molecule has 1 amide bonds. The zero-order valence-electron chi connectivity index (χ0n) is 9.17. The number of hydrogen-bond acceptors (Lipinski definition) is 3. The van der Waals surface area contributed by atoms with Crippen molar-refractivity contribution in [2.24, 2.45) is 5.92 Å². The molecule has 1 fully saturated rings. The van der Waals surface area contributed by atoms with Crippen molar-refractivity contribution in [2.75, 3.05) is 20.2 Å². The molecule has 0 aliphatic carbocycles. The number of epoxide rings is 1. The first-order chi connectivity index (χ1) is 6.63. The second-order valence-corrected chi connectivity index (χ2v) is 4.17. The van der Waals surface area contributed by atoms with Crippen molar-refractivity contribution < 1.29 is 9.53 Å². The average molecular weight is 200 g/mol. The highest BCUT2D eigenvalue weighted by Crippen LogP contribution is 2.07. The van der Waals surface area contributed by atoms with E-state index in [0.717, 1.165) is 13.0 Å². The Labute approximate surface area is 85.4 Å². The third-order valence-electron chi connectivity index (χ3n) is 2.28. The molecule has 1 heterocycles. The van der Waals surface area contributed by atoms with Gasteiger partial charge in [-0.1, -0.05) is 13.8 Å². The van der Waals surface area contributed by atoms with Gasteiger partial charge in [0.15, 0.2) is 0 Å². The fourth-order valence-electron chi connectivity index (χ4n) is 1.35. The second kappa shape index (κ2) is 5.32. The molecule has 2 N–H and O–H groups in total. The molecule has 2 atom stereocenters. The van der Waals surface area contributed by atoms with Gasteiger partial charge in [-0.25, -0.2) is 0 Å². The molecule has 4 nitrogen and oxygen atoms in total. The van der Waals surface area contributed by atoms with Gasteiger partial charge >= 0.3 is 0 Å². The van der Waals surface area contributed by atoms with Crippen LogP contribution in [-0.4, -0.2) is 38.3 Å². The van der Waals surface area contributed by atoms with Crippen molar-refractivity contribution in [3.8, 4) is 0 Å². The minimum Gasteiger partial charge on any atom is -0.371 e. The predicted molar refractivity (Wildman–Crippen MR) is 55.1 cm³/mol. The molecule has 1 aliphatic rings. The van der Waals surface area contributed by atoms with Gasteiger partial charge in [0.25, 0.3) is 0 Å². The van der Waals surface area contributed by atoms with E-state index < -0.39 is 0 Å². The van der Waals surface area contributed by atoms with Gasteiger partial charge < -0.3 is 15.4 Å². The van der Waals surface area contributed by atoms with Crippen LogP contribution in [0.1, 0.15) is 20.3 Å². The molecule has 1 rings (SSSR count). The third kappa shape index (κ3) is 4.07. The molecule has 4 heteroatoms. The van der Waals surface area contributed by atoms with Crippen LogP contribution in [0, 0.1) is 5.92 Å². The summed E-state index contributed by atoms with van der Waals surface area (Å²) < 4.78 is 5.02. The third-order valence-corrected chi connectivity index (χ3v) is 2.28. The smallest absolute Gasteiger partial charge is 0.237 e. The summed E-state index contributed by atoms with van der Waals surface area (Å²) in [4.78, 5) is 11.6. The predicted octanol–water partition coefficient (Wildman–Crippen LogP) is 0.136. The summed E-state index contributed by atoms with van der Waals surface area (Å²) in [7, 11) is 1.82. The van der Waals surface area contributed by atoms with Crippen molar-refractivity contribution in [1.29, 1.82) is 0 Å². The maximum Gasteiger partial charge on any atom is 0.237 e. The monoisotopic (exact) mass is 200 g/mol. The maximum atomic E-state index is 11.6. The van der Waals surface area contributed by atoms with Gasteiger partial charge in [-0.05, 0) is 19.4 Å². The number of ether oxygens (including phenoxy) is 1. The van der Waals surface area contributed by atoms with Crippen LogP contribution >= 0.6 is 0 Å². The first-order valence-electron chi connectivity index (χ1n) is 5.20. The van der Waals surface area contributed by atoms with Crippen molar-refractivity contribution in [3.05, 3.63) is 0 Å². The number of amides is 1. The molecule has 0 saturated carbocycles. The molecule has 0 aromatic rings. The van der Waals surface area contributed by atoms with Crippen molar-refractivity contribution >= 4 is 5.91 Å². The Morgan fingerprint density at radius 3 is 2.64 bits per heavy atom. The molecule has 14 heavy (non-hydrogen) atoms. The summed E-state index contributed by atoms with van der Waals surface area (Å²) in [6.07, 6.45) is 1.13. The summed E-state index contributed by atoms with van der Waals surface area (Å²) in [6, 6.07) is -0.0752. The Kier molecular flexibility index (Phi) is 4.35. The molecule has 0 spiro atoms. The van der Waals surface area contributed by atoms with E-state index in [0.29, 0.717) is 12.5 Å². The number of carbonyl (C=O) groups is 1. The van der Waals surface area contributed by atoms with E-state index in [-0.39, 0.29) is 18.1 Å². The lowest BCUT2D eigenvalue weighted by Gasteiger charge is -2.17. The van der Waals surface area contributed by atoms with Crippen LogP contribution in [0.2, 0.25) is 0 Å². The molecule has 0 aromatic carbocycles. The highest BCUT2D eigenvalue weighted by molar-refractivity contribution is 5.81. The topological polar surface area (TPSA) is 53.7 Å². The molecule has 1 saturated heterocycles. The maximum absolute atomic E-state index is 11.6. The van der Waals surface area contributed by atoms with Gasteiger partial charge in [0, 0.05) is 6.54 Å². The molecule has 0 bridgehead atoms. The fourth-order valence-corrected chi connectivity index (χ4v) is 1.35. The lowest BCUT2D eigenvalue weighted by molar-refractivity contribution is -0.123. The molecule has 1 unspecified atom stereocenters. The minimum absolute atomic E-state index is 0.0752. The fraction of sp³-hybridized carbons (Fsp3) is 0.900. The summed E-state index contributed by atoms with van der Waals surface area (Å²) in [5, 5.41) is 5.90. The number of nitrogens with one attached hydrogen (secondary N) is 2. The standard InChI is InChI=1S/C10H20N2O2/c1-7(2)4-9(11-3)10(13)12-5-8-6-14-8/h7-9,11H,4-6H2,1-3H3,(H,12,13)/t8?,9-/m0/s1. The van der Waals surface area contributed by atoms with Gasteiger partial charge in [0.05, 0.1) is 18.8 Å². The van der Waals surface area contributed by atoms with E-state index in [9.17, 15) is 4.79 Å². The van der Waals surface area contributed by atoms with Gasteiger partial charge in [0.1, 0.15) is 0 Å². The molecule has 0 radical (unpaired) electrons. The van der Waals surface area contributed by atoms with Crippen molar-refractivity contribution in [2.45, 2.75) is 32.4 Å². The van der Waals surface area contributed by atoms with Gasteiger partial charge in [0.2, 0.25) is 5.91 Å². The molecule has 82 valence electrons. The minimum atomic E-state index is -0.0752. The van der Waals surface area contributed by atoms with E-state index in [2.05, 4.69) is 24.5 Å². The summed E-state index contributed by atoms with van der Waals surface area (Å²) in [6.45, 7) is 5.66. The molecular weight excluding hydrogens is 180 g/mol. The van der Waals surface area contributed by atoms with Crippen molar-refractivity contribution in [3.63, 3.8) is 0 Å². The molecule has 1 aliphatic heterocycles. The number of carbonyl (C=O) groups excluding carboxylic acids is 1. The van der Waals surface area contributed by atoms with Crippen LogP contribution in [-0.2, 0) is 9.53 Å². The Hall–Kier alpha value is -0.610. The first kappa shape index (κ1) is 11.5. The van der Waals surface area contributed by atoms with E-state index in [1.165, 1.54) is 0 Å². The van der Waals surface area contributed by atoms with Crippen LogP contribution in [0.15, 0.2) is 0 Å². The highest BCUT2D eigenvalue weighted by Gasteiger charge is 2.24. The number of rotatable bonds is 6. The highest BCUT2D eigenvalue weighted by atomic mass is 16.6. The average Bonchev–Trinajstić information content (AvgIpc) is 2.93. The normalized spacial score (nSPS) is 22.1. The Bertz CT molecular complexity index is 191. The lowest BCUT2D eigenvalue weighted by atomic mass is 10.0.